The summed E-state index contributed by atoms with van der Waals surface area (Å²) in [7, 11) is 1.47. The van der Waals surface area contributed by atoms with Crippen molar-refractivity contribution in [3.63, 3.8) is 0 Å². The zero-order valence-electron chi connectivity index (χ0n) is 8.10. The lowest BCUT2D eigenvalue weighted by atomic mass is 10.0. The van der Waals surface area contributed by atoms with E-state index < -0.39 is 11.9 Å². The maximum absolute atomic E-state index is 10.8. The minimum Gasteiger partial charge on any atom is -0.481 e. The summed E-state index contributed by atoms with van der Waals surface area (Å²) in [6, 6.07) is 0. The zero-order valence-corrected chi connectivity index (χ0v) is 8.10. The van der Waals surface area contributed by atoms with Crippen molar-refractivity contribution < 1.29 is 14.6 Å². The second kappa shape index (κ2) is 4.55. The SMILES string of the molecule is CCC(C(=O)O)c1cncc(OC)n1. The minimum atomic E-state index is -0.893. The average Bonchev–Trinajstić information content (AvgIpc) is 2.19. The van der Waals surface area contributed by atoms with Gasteiger partial charge in [0.15, 0.2) is 0 Å². The topological polar surface area (TPSA) is 72.3 Å². The standard InChI is InChI=1S/C9H12N2O3/c1-3-6(9(12)13)7-4-10-5-8(11-7)14-2/h4-6H,3H2,1-2H3,(H,12,13). The highest BCUT2D eigenvalue weighted by Gasteiger charge is 2.19. The van der Waals surface area contributed by atoms with Gasteiger partial charge in [0.2, 0.25) is 5.88 Å². The first-order chi connectivity index (χ1) is 6.69. The second-order valence-corrected chi connectivity index (χ2v) is 2.79. The maximum Gasteiger partial charge on any atom is 0.312 e. The fourth-order valence-corrected chi connectivity index (χ4v) is 1.14. The summed E-state index contributed by atoms with van der Waals surface area (Å²) < 4.78 is 4.86. The number of nitrogens with zero attached hydrogens (tertiary/aromatic N) is 2. The van der Waals surface area contributed by atoms with E-state index in [0.717, 1.165) is 0 Å². The van der Waals surface area contributed by atoms with Crippen LogP contribution in [0.25, 0.3) is 0 Å². The number of carbonyl (C=O) groups is 1. The molecule has 0 aliphatic carbocycles. The van der Waals surface area contributed by atoms with Crippen LogP contribution in [-0.2, 0) is 4.79 Å². The molecule has 0 bridgehead atoms. The predicted octanol–water partition coefficient (Wildman–Crippen LogP) is 1.06. The Kier molecular flexibility index (Phi) is 3.39. The van der Waals surface area contributed by atoms with Crippen LogP contribution in [0, 0.1) is 0 Å². The molecular formula is C9H12N2O3. The molecule has 1 aromatic rings. The van der Waals surface area contributed by atoms with Gasteiger partial charge in [-0.05, 0) is 6.42 Å². The molecule has 1 heterocycles. The van der Waals surface area contributed by atoms with E-state index in [1.54, 1.807) is 6.92 Å². The summed E-state index contributed by atoms with van der Waals surface area (Å²) in [6.07, 6.45) is 3.38. The van der Waals surface area contributed by atoms with E-state index in [-0.39, 0.29) is 0 Å². The summed E-state index contributed by atoms with van der Waals surface area (Å²) >= 11 is 0. The Hall–Kier alpha value is -1.65. The van der Waals surface area contributed by atoms with Crippen molar-refractivity contribution in [3.05, 3.63) is 18.1 Å². The van der Waals surface area contributed by atoms with Gasteiger partial charge in [-0.1, -0.05) is 6.92 Å². The number of hydrogen-bond acceptors (Lipinski definition) is 4. The highest BCUT2D eigenvalue weighted by atomic mass is 16.5. The Morgan fingerprint density at radius 1 is 1.64 bits per heavy atom. The van der Waals surface area contributed by atoms with Crippen LogP contribution in [0.2, 0.25) is 0 Å². The van der Waals surface area contributed by atoms with Gasteiger partial charge in [-0.3, -0.25) is 9.78 Å². The molecule has 0 fully saturated rings. The first kappa shape index (κ1) is 10.4. The molecule has 5 heteroatoms. The predicted molar refractivity (Wildman–Crippen MR) is 49.3 cm³/mol. The molecule has 0 aromatic carbocycles. The lowest BCUT2D eigenvalue weighted by Gasteiger charge is -2.08. The molecule has 0 saturated heterocycles. The molecule has 1 unspecified atom stereocenters. The Balaban J connectivity index is 2.98. The normalized spacial score (nSPS) is 12.1. The van der Waals surface area contributed by atoms with Crippen LogP contribution in [0.1, 0.15) is 25.0 Å². The van der Waals surface area contributed by atoms with Gasteiger partial charge in [-0.2, -0.15) is 0 Å². The molecule has 0 amide bonds. The Bertz CT molecular complexity index is 328. The lowest BCUT2D eigenvalue weighted by molar-refractivity contribution is -0.138. The number of carboxylic acids is 1. The maximum atomic E-state index is 10.8. The van der Waals surface area contributed by atoms with Crippen LogP contribution < -0.4 is 4.74 Å². The zero-order chi connectivity index (χ0) is 10.6. The van der Waals surface area contributed by atoms with Crippen molar-refractivity contribution in [1.82, 2.24) is 9.97 Å². The molecule has 0 aliphatic heterocycles. The van der Waals surface area contributed by atoms with E-state index in [1.165, 1.54) is 19.5 Å². The van der Waals surface area contributed by atoms with Crippen molar-refractivity contribution in [2.45, 2.75) is 19.3 Å². The van der Waals surface area contributed by atoms with E-state index in [4.69, 9.17) is 9.84 Å². The number of aliphatic carboxylic acids is 1. The van der Waals surface area contributed by atoms with Gasteiger partial charge in [0.25, 0.3) is 0 Å². The second-order valence-electron chi connectivity index (χ2n) is 2.79. The fourth-order valence-electron chi connectivity index (χ4n) is 1.14. The molecule has 5 nitrogen and oxygen atoms in total. The minimum absolute atomic E-state index is 0.335. The van der Waals surface area contributed by atoms with Gasteiger partial charge in [-0.15, -0.1) is 0 Å². The molecule has 76 valence electrons. The molecule has 1 atom stereocenters. The van der Waals surface area contributed by atoms with Crippen LogP contribution in [0.5, 0.6) is 5.88 Å². The summed E-state index contributed by atoms with van der Waals surface area (Å²) in [5.41, 5.74) is 0.430. The molecule has 1 aromatic heterocycles. The van der Waals surface area contributed by atoms with Crippen LogP contribution in [0.4, 0.5) is 0 Å². The van der Waals surface area contributed by atoms with Gasteiger partial charge >= 0.3 is 5.97 Å². The van der Waals surface area contributed by atoms with Crippen molar-refractivity contribution in [2.75, 3.05) is 7.11 Å². The third-order valence-corrected chi connectivity index (χ3v) is 1.90. The average molecular weight is 196 g/mol. The molecule has 0 saturated carbocycles. The summed E-state index contributed by atoms with van der Waals surface area (Å²) in [4.78, 5) is 18.7. The third-order valence-electron chi connectivity index (χ3n) is 1.90. The molecular weight excluding hydrogens is 184 g/mol. The van der Waals surface area contributed by atoms with Crippen molar-refractivity contribution in [2.24, 2.45) is 0 Å². The van der Waals surface area contributed by atoms with Crippen molar-refractivity contribution >= 4 is 5.97 Å². The third kappa shape index (κ3) is 2.18. The van der Waals surface area contributed by atoms with E-state index in [0.29, 0.717) is 18.0 Å². The Morgan fingerprint density at radius 3 is 2.86 bits per heavy atom. The number of carboxylic acid groups (broad SMARTS) is 1. The highest BCUT2D eigenvalue weighted by molar-refractivity contribution is 5.75. The van der Waals surface area contributed by atoms with Gasteiger partial charge in [-0.25, -0.2) is 4.98 Å². The summed E-state index contributed by atoms with van der Waals surface area (Å²) in [6.45, 7) is 1.79. The summed E-state index contributed by atoms with van der Waals surface area (Å²) in [5.74, 6) is -1.17. The van der Waals surface area contributed by atoms with Crippen molar-refractivity contribution in [1.29, 1.82) is 0 Å². The molecule has 0 aliphatic rings. The first-order valence-electron chi connectivity index (χ1n) is 4.27. The van der Waals surface area contributed by atoms with Crippen LogP contribution in [0.15, 0.2) is 12.4 Å². The molecule has 0 radical (unpaired) electrons. The number of hydrogen-bond donors (Lipinski definition) is 1. The molecule has 14 heavy (non-hydrogen) atoms. The summed E-state index contributed by atoms with van der Waals surface area (Å²) in [5, 5.41) is 8.88. The van der Waals surface area contributed by atoms with E-state index in [9.17, 15) is 4.79 Å². The first-order valence-corrected chi connectivity index (χ1v) is 4.27. The van der Waals surface area contributed by atoms with Crippen molar-refractivity contribution in [3.8, 4) is 5.88 Å². The number of aromatic nitrogens is 2. The largest absolute Gasteiger partial charge is 0.481 e. The smallest absolute Gasteiger partial charge is 0.312 e. The molecule has 1 N–H and O–H groups in total. The Labute approximate surface area is 81.8 Å². The van der Waals surface area contributed by atoms with Gasteiger partial charge < -0.3 is 9.84 Å². The van der Waals surface area contributed by atoms with Gasteiger partial charge in [0.1, 0.15) is 5.92 Å². The molecule has 0 spiro atoms. The van der Waals surface area contributed by atoms with Gasteiger partial charge in [0.05, 0.1) is 19.0 Å². The van der Waals surface area contributed by atoms with E-state index >= 15 is 0 Å². The highest BCUT2D eigenvalue weighted by Crippen LogP contribution is 2.18. The van der Waals surface area contributed by atoms with Crippen LogP contribution in [0.3, 0.4) is 0 Å². The van der Waals surface area contributed by atoms with Crippen LogP contribution >= 0.6 is 0 Å². The molecule has 1 rings (SSSR count). The van der Waals surface area contributed by atoms with E-state index in [2.05, 4.69) is 9.97 Å². The van der Waals surface area contributed by atoms with E-state index in [1.807, 2.05) is 0 Å². The van der Waals surface area contributed by atoms with Crippen LogP contribution in [-0.4, -0.2) is 28.2 Å². The number of ether oxygens (including phenoxy) is 1. The quantitative estimate of drug-likeness (QED) is 0.779. The monoisotopic (exact) mass is 196 g/mol. The number of methoxy groups -OCH3 is 1. The number of rotatable bonds is 4. The lowest BCUT2D eigenvalue weighted by Crippen LogP contribution is -2.12. The Morgan fingerprint density at radius 2 is 2.36 bits per heavy atom. The van der Waals surface area contributed by atoms with Gasteiger partial charge in [0, 0.05) is 6.20 Å². The fraction of sp³-hybridized carbons (Fsp3) is 0.444.